The van der Waals surface area contributed by atoms with Crippen molar-refractivity contribution >= 4 is 11.5 Å². The molecule has 2 nitrogen and oxygen atoms in total. The number of nitrogens with one attached hydrogen (secondary N) is 1. The fraction of sp³-hybridized carbons (Fsp3) is 0.218. The number of fused-ring (bicyclic) bond motifs is 8. The summed E-state index contributed by atoms with van der Waals surface area (Å²) in [6.07, 6.45) is 16.9. The highest BCUT2D eigenvalue weighted by molar-refractivity contribution is 6.04. The molecular weight excluding hydrogens is 689 g/mol. The summed E-state index contributed by atoms with van der Waals surface area (Å²) in [7, 11) is 0. The Kier molecular flexibility index (Phi) is 8.00. The second kappa shape index (κ2) is 13.3. The Labute approximate surface area is 337 Å². The smallest absolute Gasteiger partial charge is 0.133 e. The molecule has 2 atom stereocenters. The van der Waals surface area contributed by atoms with Gasteiger partial charge in [-0.25, -0.2) is 0 Å². The van der Waals surface area contributed by atoms with Crippen molar-refractivity contribution < 1.29 is 0 Å². The van der Waals surface area contributed by atoms with Gasteiger partial charge in [0.25, 0.3) is 0 Å². The van der Waals surface area contributed by atoms with E-state index >= 15 is 0 Å². The standard InChI is InChI=1S/C55H48N2/c1-54(2)47-22-11-10-21-43(47)45-34-50-46(33-49(45)54)44-32-42(27-28-48(44)55(50)29-12-5-13-30-55)41-20-14-19-40(31-41)36-23-25-38(26-24-36)52-35-51(37-15-6-3-7-16-37)56-53(57-52)39-17-8-4-9-18-39/h3-4,6-11,14-20,22-28,31-35,43,52H,5,12-13,21,29-30H2,1-2H3,(H,56,57). The lowest BCUT2D eigenvalue weighted by molar-refractivity contribution is 0.352. The largest absolute Gasteiger partial charge is 0.340 e. The zero-order valence-electron chi connectivity index (χ0n) is 32.9. The molecule has 0 saturated heterocycles. The van der Waals surface area contributed by atoms with Gasteiger partial charge in [0.1, 0.15) is 5.84 Å². The number of benzene rings is 6. The maximum absolute atomic E-state index is 5.20. The van der Waals surface area contributed by atoms with Gasteiger partial charge in [-0.05, 0) is 110 Å². The van der Waals surface area contributed by atoms with Crippen LogP contribution in [0.3, 0.4) is 0 Å². The Morgan fingerprint density at radius 3 is 2.02 bits per heavy atom. The average molecular weight is 737 g/mol. The lowest BCUT2D eigenvalue weighted by Gasteiger charge is -2.36. The van der Waals surface area contributed by atoms with E-state index < -0.39 is 0 Å². The van der Waals surface area contributed by atoms with Gasteiger partial charge < -0.3 is 5.32 Å². The first-order valence-electron chi connectivity index (χ1n) is 21.1. The van der Waals surface area contributed by atoms with Crippen LogP contribution in [0.2, 0.25) is 0 Å². The molecule has 4 aliphatic carbocycles. The van der Waals surface area contributed by atoms with Crippen LogP contribution in [0, 0.1) is 0 Å². The number of hydrogen-bond donors (Lipinski definition) is 1. The van der Waals surface area contributed by atoms with E-state index in [1.165, 1.54) is 76.6 Å². The van der Waals surface area contributed by atoms with E-state index in [9.17, 15) is 0 Å². The number of nitrogens with zero attached hydrogens (tertiary/aromatic N) is 1. The summed E-state index contributed by atoms with van der Waals surface area (Å²) in [5.74, 6) is 1.41. The molecule has 0 amide bonds. The summed E-state index contributed by atoms with van der Waals surface area (Å²) in [6, 6.07) is 51.8. The molecule has 1 saturated carbocycles. The third kappa shape index (κ3) is 5.56. The Bertz CT molecular complexity index is 2610. The highest BCUT2D eigenvalue weighted by Gasteiger charge is 2.48. The van der Waals surface area contributed by atoms with Crippen LogP contribution in [-0.4, -0.2) is 5.84 Å². The van der Waals surface area contributed by atoms with Crippen molar-refractivity contribution in [2.24, 2.45) is 4.99 Å². The zero-order valence-corrected chi connectivity index (χ0v) is 32.9. The Balaban J connectivity index is 0.940. The van der Waals surface area contributed by atoms with Crippen LogP contribution >= 0.6 is 0 Å². The van der Waals surface area contributed by atoms with Gasteiger partial charge >= 0.3 is 0 Å². The summed E-state index contributed by atoms with van der Waals surface area (Å²) in [5.41, 5.74) is 20.5. The maximum atomic E-state index is 5.20. The molecule has 2 heteroatoms. The van der Waals surface area contributed by atoms with Crippen molar-refractivity contribution in [3.8, 4) is 33.4 Å². The van der Waals surface area contributed by atoms with Gasteiger partial charge in [-0.15, -0.1) is 0 Å². The minimum atomic E-state index is -0.0944. The minimum absolute atomic E-state index is 0.0502. The van der Waals surface area contributed by atoms with Crippen molar-refractivity contribution in [3.05, 3.63) is 208 Å². The van der Waals surface area contributed by atoms with Crippen molar-refractivity contribution in [2.75, 3.05) is 0 Å². The second-order valence-corrected chi connectivity index (χ2v) is 17.4. The van der Waals surface area contributed by atoms with Gasteiger partial charge in [-0.3, -0.25) is 4.99 Å². The molecule has 6 aromatic rings. The fourth-order valence-electron chi connectivity index (χ4n) is 11.0. The molecule has 0 bridgehead atoms. The molecule has 1 N–H and O–H groups in total. The number of hydrogen-bond acceptors (Lipinski definition) is 2. The molecule has 1 fully saturated rings. The van der Waals surface area contributed by atoms with Crippen LogP contribution in [0.5, 0.6) is 0 Å². The second-order valence-electron chi connectivity index (χ2n) is 17.4. The third-order valence-corrected chi connectivity index (χ3v) is 13.9. The van der Waals surface area contributed by atoms with Crippen LogP contribution in [0.15, 0.2) is 174 Å². The quantitative estimate of drug-likeness (QED) is 0.187. The predicted molar refractivity (Wildman–Crippen MR) is 237 cm³/mol. The monoisotopic (exact) mass is 736 g/mol. The van der Waals surface area contributed by atoms with E-state index in [0.29, 0.717) is 5.92 Å². The van der Waals surface area contributed by atoms with E-state index in [4.69, 9.17) is 4.99 Å². The third-order valence-electron chi connectivity index (χ3n) is 13.9. The van der Waals surface area contributed by atoms with Crippen molar-refractivity contribution in [3.63, 3.8) is 0 Å². The molecule has 57 heavy (non-hydrogen) atoms. The van der Waals surface area contributed by atoms with Crippen LogP contribution in [0.1, 0.15) is 103 Å². The SMILES string of the molecule is CC1(C)C2=CC=CCC2c2cc3c(cc21)-c1cc(-c2cccc(-c4ccc(C5C=C(c6ccccc6)NC(c6ccccc6)=N5)cc4)c2)ccc1C31CCCCC1. The minimum Gasteiger partial charge on any atom is -0.340 e. The number of amidine groups is 1. The van der Waals surface area contributed by atoms with E-state index in [0.717, 1.165) is 29.1 Å². The number of rotatable bonds is 5. The van der Waals surface area contributed by atoms with Gasteiger partial charge in [0.05, 0.1) is 6.04 Å². The van der Waals surface area contributed by atoms with E-state index in [-0.39, 0.29) is 16.9 Å². The summed E-state index contributed by atoms with van der Waals surface area (Å²) < 4.78 is 0. The predicted octanol–water partition coefficient (Wildman–Crippen LogP) is 13.6. The summed E-state index contributed by atoms with van der Waals surface area (Å²) in [5, 5.41) is 3.61. The zero-order chi connectivity index (χ0) is 38.1. The molecule has 0 aromatic heterocycles. The molecular formula is C55H48N2. The number of allylic oxidation sites excluding steroid dienone is 4. The highest BCUT2D eigenvalue weighted by Crippen LogP contribution is 2.61. The van der Waals surface area contributed by atoms with Crippen LogP contribution < -0.4 is 5.32 Å². The van der Waals surface area contributed by atoms with Crippen LogP contribution in [-0.2, 0) is 10.8 Å². The normalized spacial score (nSPS) is 20.7. The van der Waals surface area contributed by atoms with Crippen LogP contribution in [0.4, 0.5) is 0 Å². The summed E-state index contributed by atoms with van der Waals surface area (Å²) in [4.78, 5) is 5.20. The highest BCUT2D eigenvalue weighted by atomic mass is 15.0. The van der Waals surface area contributed by atoms with Crippen molar-refractivity contribution in [1.82, 2.24) is 5.32 Å². The van der Waals surface area contributed by atoms with E-state index in [1.807, 2.05) is 6.07 Å². The maximum Gasteiger partial charge on any atom is 0.133 e. The summed E-state index contributed by atoms with van der Waals surface area (Å²) >= 11 is 0. The molecule has 2 unspecified atom stereocenters. The van der Waals surface area contributed by atoms with Gasteiger partial charge in [-0.2, -0.15) is 0 Å². The van der Waals surface area contributed by atoms with Crippen molar-refractivity contribution in [1.29, 1.82) is 0 Å². The lowest BCUT2D eigenvalue weighted by atomic mass is 9.67. The first-order valence-corrected chi connectivity index (χ1v) is 21.1. The van der Waals surface area contributed by atoms with E-state index in [1.54, 1.807) is 22.3 Å². The Hall–Kier alpha value is -5.99. The van der Waals surface area contributed by atoms with E-state index in [2.05, 4.69) is 177 Å². The molecule has 278 valence electrons. The lowest BCUT2D eigenvalue weighted by Crippen LogP contribution is -2.28. The topological polar surface area (TPSA) is 24.4 Å². The summed E-state index contributed by atoms with van der Waals surface area (Å²) in [6.45, 7) is 4.90. The molecule has 0 radical (unpaired) electrons. The van der Waals surface area contributed by atoms with Crippen molar-refractivity contribution in [2.45, 2.75) is 75.2 Å². The van der Waals surface area contributed by atoms with Gasteiger partial charge in [-0.1, -0.05) is 178 Å². The van der Waals surface area contributed by atoms with Gasteiger partial charge in [0.15, 0.2) is 0 Å². The Morgan fingerprint density at radius 2 is 1.25 bits per heavy atom. The fourth-order valence-corrected chi connectivity index (χ4v) is 11.0. The molecule has 1 heterocycles. The molecule has 5 aliphatic rings. The molecule has 1 aliphatic heterocycles. The first-order chi connectivity index (χ1) is 28.0. The van der Waals surface area contributed by atoms with Crippen LogP contribution in [0.25, 0.3) is 39.1 Å². The van der Waals surface area contributed by atoms with Gasteiger partial charge in [0.2, 0.25) is 0 Å². The molecule has 1 spiro atoms. The van der Waals surface area contributed by atoms with Gasteiger partial charge in [0, 0.05) is 28.0 Å². The first kappa shape index (κ1) is 34.3. The molecule has 11 rings (SSSR count). The molecule has 6 aromatic carbocycles. The average Bonchev–Trinajstić information content (AvgIpc) is 3.66. The Morgan fingerprint density at radius 1 is 0.579 bits per heavy atom. The number of aliphatic imine (C=N–C) groups is 1.